The molecule has 2 aliphatic rings. The number of urea groups is 1. The number of aliphatic hydroxyl groups is 1. The third kappa shape index (κ3) is 1.97. The number of fused-ring (bicyclic) bond motifs is 1. The summed E-state index contributed by atoms with van der Waals surface area (Å²) in [6, 6.07) is 3.50. The first-order valence-electron chi connectivity index (χ1n) is 7.04. The Labute approximate surface area is 132 Å². The molecular formula is C15H15ClFN3O2. The van der Waals surface area contributed by atoms with Crippen LogP contribution in [0.1, 0.15) is 17.5 Å². The molecule has 22 heavy (non-hydrogen) atoms. The smallest absolute Gasteiger partial charge is 0.325 e. The molecule has 3 rings (SSSR count). The van der Waals surface area contributed by atoms with E-state index in [2.05, 4.69) is 0 Å². The molecule has 116 valence electrons. The van der Waals surface area contributed by atoms with Gasteiger partial charge in [0.1, 0.15) is 12.7 Å². The number of carbonyl (C=O) groups excluding carboxylic acids is 1. The summed E-state index contributed by atoms with van der Waals surface area (Å²) in [6.07, 6.45) is -0.253. The van der Waals surface area contributed by atoms with Gasteiger partial charge in [-0.2, -0.15) is 5.26 Å². The van der Waals surface area contributed by atoms with Crippen LogP contribution < -0.4 is 4.90 Å². The zero-order valence-corrected chi connectivity index (χ0v) is 12.7. The zero-order valence-electron chi connectivity index (χ0n) is 12.0. The molecule has 0 saturated carbocycles. The van der Waals surface area contributed by atoms with E-state index < -0.39 is 24.9 Å². The first-order valence-corrected chi connectivity index (χ1v) is 7.42. The van der Waals surface area contributed by atoms with Crippen molar-refractivity contribution in [1.82, 2.24) is 4.90 Å². The third-order valence-electron chi connectivity index (χ3n) is 4.49. The third-order valence-corrected chi connectivity index (χ3v) is 4.98. The number of hydrogen-bond donors (Lipinski definition) is 1. The molecule has 0 bridgehead atoms. The summed E-state index contributed by atoms with van der Waals surface area (Å²) < 4.78 is 13.6. The normalized spacial score (nSPS) is 27.2. The van der Waals surface area contributed by atoms with Crippen molar-refractivity contribution in [1.29, 1.82) is 5.26 Å². The van der Waals surface area contributed by atoms with Gasteiger partial charge in [-0.15, -0.1) is 0 Å². The number of amides is 2. The molecule has 2 heterocycles. The number of aliphatic hydroxyl groups excluding tert-OH is 1. The summed E-state index contributed by atoms with van der Waals surface area (Å²) >= 11 is 6.15. The standard InChI is InChI=1S/C15H15ClFN3O2/c1-8-10(3-2-9(7-18)13(8)16)20-11(6-17)14-12(21)4-5-19(14)15(20)22/h2-3,11-12,14,21H,4-6H2,1H3. The van der Waals surface area contributed by atoms with Crippen LogP contribution in [0.15, 0.2) is 12.1 Å². The lowest BCUT2D eigenvalue weighted by molar-refractivity contribution is 0.125. The van der Waals surface area contributed by atoms with Gasteiger partial charge in [-0.25, -0.2) is 9.18 Å². The number of nitriles is 1. The van der Waals surface area contributed by atoms with Crippen LogP contribution in [0.5, 0.6) is 0 Å². The molecule has 2 fully saturated rings. The van der Waals surface area contributed by atoms with E-state index in [1.54, 1.807) is 13.0 Å². The summed E-state index contributed by atoms with van der Waals surface area (Å²) in [7, 11) is 0. The van der Waals surface area contributed by atoms with Crippen molar-refractivity contribution in [2.75, 3.05) is 18.1 Å². The first kappa shape index (κ1) is 15.1. The van der Waals surface area contributed by atoms with Crippen molar-refractivity contribution in [3.63, 3.8) is 0 Å². The molecule has 0 radical (unpaired) electrons. The van der Waals surface area contributed by atoms with Crippen molar-refractivity contribution in [2.45, 2.75) is 31.5 Å². The minimum Gasteiger partial charge on any atom is -0.391 e. The topological polar surface area (TPSA) is 67.6 Å². The maximum atomic E-state index is 13.6. The molecular weight excluding hydrogens is 309 g/mol. The average molecular weight is 324 g/mol. The van der Waals surface area contributed by atoms with Gasteiger partial charge in [0.05, 0.1) is 34.5 Å². The molecule has 0 spiro atoms. The Bertz CT molecular complexity index is 675. The molecule has 2 saturated heterocycles. The van der Waals surface area contributed by atoms with Crippen LogP contribution in [-0.2, 0) is 0 Å². The van der Waals surface area contributed by atoms with E-state index in [0.29, 0.717) is 29.8 Å². The Morgan fingerprint density at radius 3 is 2.91 bits per heavy atom. The Hall–Kier alpha value is -1.84. The SMILES string of the molecule is Cc1c(N2C(=O)N3CCC(O)C3C2CF)ccc(C#N)c1Cl. The quantitative estimate of drug-likeness (QED) is 0.907. The summed E-state index contributed by atoms with van der Waals surface area (Å²) in [6.45, 7) is 1.36. The van der Waals surface area contributed by atoms with Gasteiger partial charge in [-0.05, 0) is 31.0 Å². The largest absolute Gasteiger partial charge is 0.391 e. The average Bonchev–Trinajstić information content (AvgIpc) is 3.01. The highest BCUT2D eigenvalue weighted by Gasteiger charge is 2.52. The van der Waals surface area contributed by atoms with Crippen LogP contribution >= 0.6 is 11.6 Å². The fourth-order valence-electron chi connectivity index (χ4n) is 3.38. The molecule has 3 unspecified atom stereocenters. The highest BCUT2D eigenvalue weighted by atomic mass is 35.5. The maximum absolute atomic E-state index is 13.6. The van der Waals surface area contributed by atoms with E-state index in [1.807, 2.05) is 6.07 Å². The van der Waals surface area contributed by atoms with Crippen LogP contribution in [0, 0.1) is 18.3 Å². The van der Waals surface area contributed by atoms with Gasteiger partial charge in [-0.1, -0.05) is 11.6 Å². The Balaban J connectivity index is 2.07. The minimum absolute atomic E-state index is 0.262. The molecule has 0 aromatic heterocycles. The number of benzene rings is 1. The Morgan fingerprint density at radius 1 is 1.55 bits per heavy atom. The lowest BCUT2D eigenvalue weighted by atomic mass is 10.0. The number of halogens is 2. The molecule has 2 amide bonds. The number of nitrogens with zero attached hydrogens (tertiary/aromatic N) is 3. The fourth-order valence-corrected chi connectivity index (χ4v) is 3.59. The van der Waals surface area contributed by atoms with E-state index in [0.717, 1.165) is 0 Å². The summed E-state index contributed by atoms with van der Waals surface area (Å²) in [4.78, 5) is 15.5. The number of anilines is 1. The summed E-state index contributed by atoms with van der Waals surface area (Å²) in [5.41, 5.74) is 1.35. The van der Waals surface area contributed by atoms with Crippen LogP contribution in [-0.4, -0.2) is 47.4 Å². The lowest BCUT2D eigenvalue weighted by Crippen LogP contribution is -2.43. The lowest BCUT2D eigenvalue weighted by Gasteiger charge is -2.26. The number of carbonyl (C=O) groups is 1. The predicted molar refractivity (Wildman–Crippen MR) is 79.7 cm³/mol. The van der Waals surface area contributed by atoms with Gasteiger partial charge in [-0.3, -0.25) is 4.90 Å². The van der Waals surface area contributed by atoms with Gasteiger partial charge in [0, 0.05) is 6.54 Å². The van der Waals surface area contributed by atoms with Gasteiger partial charge in [0.2, 0.25) is 0 Å². The number of rotatable bonds is 2. The minimum atomic E-state index is -0.749. The molecule has 1 N–H and O–H groups in total. The van der Waals surface area contributed by atoms with Crippen molar-refractivity contribution in [2.24, 2.45) is 0 Å². The van der Waals surface area contributed by atoms with E-state index in [1.165, 1.54) is 15.9 Å². The fraction of sp³-hybridized carbons (Fsp3) is 0.467. The molecule has 2 aliphatic heterocycles. The highest BCUT2D eigenvalue weighted by Crippen LogP contribution is 2.39. The summed E-state index contributed by atoms with van der Waals surface area (Å²) in [5, 5.41) is 19.3. The van der Waals surface area contributed by atoms with Crippen molar-refractivity contribution in [3.05, 3.63) is 28.3 Å². The van der Waals surface area contributed by atoms with Crippen molar-refractivity contribution >= 4 is 23.3 Å². The molecule has 5 nitrogen and oxygen atoms in total. The maximum Gasteiger partial charge on any atom is 0.325 e. The van der Waals surface area contributed by atoms with Crippen molar-refractivity contribution in [3.8, 4) is 6.07 Å². The number of hydrogen-bond acceptors (Lipinski definition) is 3. The second-order valence-electron chi connectivity index (χ2n) is 5.60. The van der Waals surface area contributed by atoms with Crippen LogP contribution in [0.3, 0.4) is 0 Å². The zero-order chi connectivity index (χ0) is 16.0. The van der Waals surface area contributed by atoms with E-state index >= 15 is 0 Å². The van der Waals surface area contributed by atoms with Gasteiger partial charge >= 0.3 is 6.03 Å². The molecule has 1 aromatic carbocycles. The first-order chi connectivity index (χ1) is 10.5. The Kier molecular flexibility index (Phi) is 3.71. The highest BCUT2D eigenvalue weighted by molar-refractivity contribution is 6.33. The molecule has 7 heteroatoms. The number of alkyl halides is 1. The summed E-state index contributed by atoms with van der Waals surface area (Å²) in [5.74, 6) is 0. The second-order valence-corrected chi connectivity index (χ2v) is 5.98. The van der Waals surface area contributed by atoms with Gasteiger partial charge in [0.25, 0.3) is 0 Å². The van der Waals surface area contributed by atoms with E-state index in [9.17, 15) is 14.3 Å². The van der Waals surface area contributed by atoms with Gasteiger partial charge in [0.15, 0.2) is 0 Å². The van der Waals surface area contributed by atoms with Crippen LogP contribution in [0.4, 0.5) is 14.9 Å². The molecule has 3 atom stereocenters. The van der Waals surface area contributed by atoms with E-state index in [4.69, 9.17) is 16.9 Å². The monoisotopic (exact) mass is 323 g/mol. The molecule has 0 aliphatic carbocycles. The van der Waals surface area contributed by atoms with E-state index in [-0.39, 0.29) is 11.1 Å². The van der Waals surface area contributed by atoms with Crippen LogP contribution in [0.25, 0.3) is 0 Å². The van der Waals surface area contributed by atoms with Crippen LogP contribution in [0.2, 0.25) is 5.02 Å². The Morgan fingerprint density at radius 2 is 2.27 bits per heavy atom. The predicted octanol–water partition coefficient (Wildman–Crippen LogP) is 2.23. The second kappa shape index (κ2) is 5.41. The molecule has 1 aromatic rings. The van der Waals surface area contributed by atoms with Crippen molar-refractivity contribution < 1.29 is 14.3 Å². The van der Waals surface area contributed by atoms with Gasteiger partial charge < -0.3 is 10.0 Å².